The van der Waals surface area contributed by atoms with Gasteiger partial charge in [0.2, 0.25) is 0 Å². The lowest BCUT2D eigenvalue weighted by atomic mass is 9.91. The highest BCUT2D eigenvalue weighted by atomic mass is 35.5. The number of hydrogen-bond acceptors (Lipinski definition) is 5. The van der Waals surface area contributed by atoms with Gasteiger partial charge >= 0.3 is 0 Å². The summed E-state index contributed by atoms with van der Waals surface area (Å²) in [7, 11) is 0. The molecule has 0 amide bonds. The Labute approximate surface area is 209 Å². The van der Waals surface area contributed by atoms with E-state index in [2.05, 4.69) is 10.3 Å². The number of rotatable bonds is 5. The van der Waals surface area contributed by atoms with Crippen LogP contribution in [-0.2, 0) is 0 Å². The Hall–Kier alpha value is -2.05. The Kier molecular flexibility index (Phi) is 7.06. The van der Waals surface area contributed by atoms with Crippen LogP contribution in [0.3, 0.4) is 0 Å². The van der Waals surface area contributed by atoms with E-state index in [-0.39, 0.29) is 52.0 Å². The van der Waals surface area contributed by atoms with Gasteiger partial charge < -0.3 is 16.2 Å². The highest BCUT2D eigenvalue weighted by molar-refractivity contribution is 6.37. The van der Waals surface area contributed by atoms with E-state index in [1.807, 2.05) is 18.2 Å². The van der Waals surface area contributed by atoms with Crippen LogP contribution in [0.15, 0.2) is 36.5 Å². The molecule has 3 aromatic rings. The number of halogens is 3. The smallest absolute Gasteiger partial charge is 0.169 e. The molecule has 2 fully saturated rings. The first-order valence-electron chi connectivity index (χ1n) is 11.1. The average Bonchev–Trinajstić information content (AvgIpc) is 3.63. The number of Topliss-reactive ketones (excluding diaryl/α,β-unsaturated/α-hetero) is 1. The molecule has 5 nitrogen and oxygen atoms in total. The molecule has 0 atom stereocenters. The van der Waals surface area contributed by atoms with Crippen LogP contribution in [0.5, 0.6) is 5.75 Å². The molecule has 0 radical (unpaired) electrons. The van der Waals surface area contributed by atoms with Crippen LogP contribution in [0.1, 0.15) is 48.9 Å². The molecule has 33 heavy (non-hydrogen) atoms. The number of hydrogen-bond donors (Lipinski definition) is 3. The number of aromatic hydroxyl groups is 1. The molecule has 0 bridgehead atoms. The van der Waals surface area contributed by atoms with Crippen molar-refractivity contribution in [1.82, 2.24) is 4.98 Å². The summed E-state index contributed by atoms with van der Waals surface area (Å²) in [5, 5.41) is 14.9. The van der Waals surface area contributed by atoms with Gasteiger partial charge in [-0.1, -0.05) is 29.3 Å². The molecule has 0 unspecified atom stereocenters. The van der Waals surface area contributed by atoms with E-state index in [0.29, 0.717) is 5.56 Å². The van der Waals surface area contributed by atoms with Crippen molar-refractivity contribution in [3.63, 3.8) is 0 Å². The predicted octanol–water partition coefficient (Wildman–Crippen LogP) is 6.61. The van der Waals surface area contributed by atoms with Crippen molar-refractivity contribution in [2.24, 2.45) is 11.7 Å². The largest absolute Gasteiger partial charge is 0.505 e. The number of pyridine rings is 1. The van der Waals surface area contributed by atoms with Crippen molar-refractivity contribution >= 4 is 58.0 Å². The summed E-state index contributed by atoms with van der Waals surface area (Å²) in [4.78, 5) is 17.7. The number of nitrogens with two attached hydrogens (primary N) is 1. The maximum atomic E-state index is 13.1. The number of fused-ring (bicyclic) bond motifs is 1. The van der Waals surface area contributed by atoms with Crippen molar-refractivity contribution in [2.75, 3.05) is 5.32 Å². The Morgan fingerprint density at radius 3 is 2.30 bits per heavy atom. The molecule has 2 aromatic carbocycles. The second kappa shape index (κ2) is 9.67. The van der Waals surface area contributed by atoms with Crippen LogP contribution >= 0.6 is 35.6 Å². The van der Waals surface area contributed by atoms with Crippen LogP contribution in [0.25, 0.3) is 22.0 Å². The zero-order valence-corrected chi connectivity index (χ0v) is 20.3. The number of benzene rings is 2. The third kappa shape index (κ3) is 4.92. The van der Waals surface area contributed by atoms with E-state index in [4.69, 9.17) is 28.9 Å². The standard InChI is InChI=1S/C25H25Cl2N3O2.ClH/c26-20-10-15(11-21(27)25(20)32)14-3-8-22-18(9-14)23(30-17-6-4-16(28)5-7-17)19(12-29-22)24(31)13-1-2-13;/h3,8-13,16-17,32H,1-2,4-7,28H2,(H,29,30);1H/t16-,17-;. The van der Waals surface area contributed by atoms with E-state index >= 15 is 0 Å². The molecule has 174 valence electrons. The van der Waals surface area contributed by atoms with E-state index in [0.717, 1.165) is 66.2 Å². The number of nitrogens with one attached hydrogen (secondary N) is 1. The number of phenolic OH excluding ortho intramolecular Hbond substituents is 1. The van der Waals surface area contributed by atoms with Crippen molar-refractivity contribution < 1.29 is 9.90 Å². The number of ketones is 1. The molecular formula is C25H26Cl3N3O2. The zero-order valence-electron chi connectivity index (χ0n) is 18.0. The monoisotopic (exact) mass is 505 g/mol. The number of carbonyl (C=O) groups is 1. The molecule has 1 heterocycles. The van der Waals surface area contributed by atoms with E-state index in [1.165, 1.54) is 0 Å². The molecular weight excluding hydrogens is 481 g/mol. The summed E-state index contributed by atoms with van der Waals surface area (Å²) in [6.07, 6.45) is 7.51. The van der Waals surface area contributed by atoms with Crippen molar-refractivity contribution in [3.05, 3.63) is 52.1 Å². The topological polar surface area (TPSA) is 88.2 Å². The van der Waals surface area contributed by atoms with Crippen LogP contribution in [0.2, 0.25) is 10.0 Å². The lowest BCUT2D eigenvalue weighted by Gasteiger charge is -2.29. The molecule has 2 saturated carbocycles. The quantitative estimate of drug-likeness (QED) is 0.339. The van der Waals surface area contributed by atoms with Crippen LogP contribution < -0.4 is 11.1 Å². The molecule has 1 aromatic heterocycles. The summed E-state index contributed by atoms with van der Waals surface area (Å²) >= 11 is 12.3. The second-order valence-electron chi connectivity index (χ2n) is 8.96. The number of anilines is 1. The Bertz CT molecular complexity index is 1180. The van der Waals surface area contributed by atoms with Gasteiger partial charge in [-0.05, 0) is 73.9 Å². The van der Waals surface area contributed by atoms with Gasteiger partial charge in [0.25, 0.3) is 0 Å². The van der Waals surface area contributed by atoms with Gasteiger partial charge in [0.15, 0.2) is 11.5 Å². The summed E-state index contributed by atoms with van der Waals surface area (Å²) in [6.45, 7) is 0. The van der Waals surface area contributed by atoms with E-state index in [9.17, 15) is 9.90 Å². The van der Waals surface area contributed by atoms with E-state index in [1.54, 1.807) is 18.3 Å². The van der Waals surface area contributed by atoms with Gasteiger partial charge in [0, 0.05) is 29.6 Å². The molecule has 0 aliphatic heterocycles. The SMILES string of the molecule is Cl.N[C@H]1CC[C@H](Nc2c(C(=O)C3CC3)cnc3ccc(-c4cc(Cl)c(O)c(Cl)c4)cc23)CC1. The first-order valence-corrected chi connectivity index (χ1v) is 11.8. The summed E-state index contributed by atoms with van der Waals surface area (Å²) in [5.74, 6) is 0.137. The summed E-state index contributed by atoms with van der Waals surface area (Å²) in [6, 6.07) is 9.80. The van der Waals surface area contributed by atoms with Gasteiger partial charge in [-0.15, -0.1) is 12.4 Å². The molecule has 8 heteroatoms. The lowest BCUT2D eigenvalue weighted by Crippen LogP contribution is -2.33. The minimum atomic E-state index is -0.130. The number of carbonyl (C=O) groups excluding carboxylic acids is 1. The van der Waals surface area contributed by atoms with Gasteiger partial charge in [-0.25, -0.2) is 0 Å². The van der Waals surface area contributed by atoms with Crippen LogP contribution in [-0.4, -0.2) is 28.0 Å². The molecule has 5 rings (SSSR count). The van der Waals surface area contributed by atoms with Gasteiger partial charge in [0.1, 0.15) is 0 Å². The Balaban J connectivity index is 0.00000259. The third-order valence-electron chi connectivity index (χ3n) is 6.55. The fourth-order valence-electron chi connectivity index (χ4n) is 4.48. The number of phenols is 1. The Morgan fingerprint density at radius 1 is 1.00 bits per heavy atom. The first-order chi connectivity index (χ1) is 15.4. The van der Waals surface area contributed by atoms with Crippen LogP contribution in [0.4, 0.5) is 5.69 Å². The Morgan fingerprint density at radius 2 is 1.67 bits per heavy atom. The van der Waals surface area contributed by atoms with Gasteiger partial charge in [-0.2, -0.15) is 0 Å². The molecule has 4 N–H and O–H groups in total. The highest BCUT2D eigenvalue weighted by Gasteiger charge is 2.33. The fourth-order valence-corrected chi connectivity index (χ4v) is 4.97. The number of nitrogens with zero attached hydrogens (tertiary/aromatic N) is 1. The van der Waals surface area contributed by atoms with Crippen molar-refractivity contribution in [1.29, 1.82) is 0 Å². The normalized spacial score (nSPS) is 20.3. The molecule has 2 aliphatic rings. The van der Waals surface area contributed by atoms with Crippen molar-refractivity contribution in [2.45, 2.75) is 50.6 Å². The molecule has 2 aliphatic carbocycles. The molecule has 0 saturated heterocycles. The van der Waals surface area contributed by atoms with Crippen LogP contribution in [0, 0.1) is 5.92 Å². The van der Waals surface area contributed by atoms with Gasteiger partial charge in [-0.3, -0.25) is 9.78 Å². The highest BCUT2D eigenvalue weighted by Crippen LogP contribution is 2.40. The fraction of sp³-hybridized carbons (Fsp3) is 0.360. The predicted molar refractivity (Wildman–Crippen MR) is 137 cm³/mol. The lowest BCUT2D eigenvalue weighted by molar-refractivity contribution is 0.0968. The maximum absolute atomic E-state index is 13.1. The second-order valence-corrected chi connectivity index (χ2v) is 9.78. The number of aromatic nitrogens is 1. The third-order valence-corrected chi connectivity index (χ3v) is 7.13. The first kappa shape index (κ1) is 24.1. The van der Waals surface area contributed by atoms with Crippen molar-refractivity contribution in [3.8, 4) is 16.9 Å². The maximum Gasteiger partial charge on any atom is 0.169 e. The average molecular weight is 507 g/mol. The van der Waals surface area contributed by atoms with E-state index < -0.39 is 0 Å². The summed E-state index contributed by atoms with van der Waals surface area (Å²) < 4.78 is 0. The van der Waals surface area contributed by atoms with Gasteiger partial charge in [0.05, 0.1) is 26.8 Å². The molecule has 0 spiro atoms. The minimum absolute atomic E-state index is 0. The zero-order chi connectivity index (χ0) is 22.4. The summed E-state index contributed by atoms with van der Waals surface area (Å²) in [5.41, 5.74) is 10.1. The minimum Gasteiger partial charge on any atom is -0.505 e.